The molecule has 0 unspecified atom stereocenters. The van der Waals surface area contributed by atoms with Gasteiger partial charge in [-0.15, -0.1) is 0 Å². The lowest BCUT2D eigenvalue weighted by atomic mass is 9.94. The van der Waals surface area contributed by atoms with Gasteiger partial charge in [-0.3, -0.25) is 0 Å². The van der Waals surface area contributed by atoms with Crippen LogP contribution in [-0.2, 0) is 0 Å². The second kappa shape index (κ2) is 5.77. The number of aromatic hydroxyl groups is 1. The number of carboxylic acid groups (broad SMARTS) is 1. The van der Waals surface area contributed by atoms with Gasteiger partial charge in [0.2, 0.25) is 0 Å². The van der Waals surface area contributed by atoms with Gasteiger partial charge in [0.1, 0.15) is 11.3 Å². The number of phenols is 1. The molecule has 25 heavy (non-hydrogen) atoms. The molecule has 0 aliphatic rings. The number of aromatic nitrogens is 3. The van der Waals surface area contributed by atoms with Crippen LogP contribution < -0.4 is 5.73 Å². The summed E-state index contributed by atoms with van der Waals surface area (Å²) in [4.78, 5) is 16.2. The summed E-state index contributed by atoms with van der Waals surface area (Å²) >= 11 is 0. The van der Waals surface area contributed by atoms with Gasteiger partial charge < -0.3 is 15.9 Å². The molecule has 0 saturated heterocycles. The molecule has 130 valence electrons. The van der Waals surface area contributed by atoms with E-state index < -0.39 is 5.97 Å². The molecular formula is C18H20N4O3. The average molecular weight is 340 g/mol. The predicted octanol–water partition coefficient (Wildman–Crippen LogP) is 3.12. The van der Waals surface area contributed by atoms with Crippen LogP contribution >= 0.6 is 0 Å². The number of aryl methyl sites for hydroxylation is 1. The largest absolute Gasteiger partial charge is 0.508 e. The SMILES string of the molecule is Cc1ccc(O)c(C)c1-c1cn2nc(C(C)C)nc2c(C(=O)O)c1N. The van der Waals surface area contributed by atoms with E-state index in [4.69, 9.17) is 5.73 Å². The van der Waals surface area contributed by atoms with Gasteiger partial charge in [-0.25, -0.2) is 14.3 Å². The highest BCUT2D eigenvalue weighted by atomic mass is 16.4. The molecule has 0 aliphatic heterocycles. The lowest BCUT2D eigenvalue weighted by molar-refractivity contribution is 0.0699. The van der Waals surface area contributed by atoms with Gasteiger partial charge in [-0.2, -0.15) is 5.10 Å². The number of pyridine rings is 1. The molecule has 2 aromatic heterocycles. The highest BCUT2D eigenvalue weighted by Crippen LogP contribution is 2.38. The minimum atomic E-state index is -1.16. The number of hydrogen-bond donors (Lipinski definition) is 3. The van der Waals surface area contributed by atoms with Gasteiger partial charge in [0.25, 0.3) is 0 Å². The van der Waals surface area contributed by atoms with Crippen molar-refractivity contribution in [3.63, 3.8) is 0 Å². The zero-order valence-electron chi connectivity index (χ0n) is 14.5. The fourth-order valence-corrected chi connectivity index (χ4v) is 2.95. The quantitative estimate of drug-likeness (QED) is 0.675. The highest BCUT2D eigenvalue weighted by Gasteiger charge is 2.23. The van der Waals surface area contributed by atoms with E-state index in [0.29, 0.717) is 22.5 Å². The van der Waals surface area contributed by atoms with Gasteiger partial charge in [-0.1, -0.05) is 19.9 Å². The van der Waals surface area contributed by atoms with E-state index in [2.05, 4.69) is 10.1 Å². The van der Waals surface area contributed by atoms with Crippen LogP contribution in [-0.4, -0.2) is 30.8 Å². The van der Waals surface area contributed by atoms with E-state index in [-0.39, 0.29) is 28.6 Å². The van der Waals surface area contributed by atoms with Gasteiger partial charge in [0, 0.05) is 17.7 Å². The van der Waals surface area contributed by atoms with E-state index >= 15 is 0 Å². The Morgan fingerprint density at radius 1 is 1.28 bits per heavy atom. The zero-order valence-corrected chi connectivity index (χ0v) is 14.5. The summed E-state index contributed by atoms with van der Waals surface area (Å²) in [5, 5.41) is 24.1. The third kappa shape index (κ3) is 2.57. The number of nitrogen functional groups attached to an aromatic ring is 1. The van der Waals surface area contributed by atoms with Crippen LogP contribution in [0.15, 0.2) is 18.3 Å². The average Bonchev–Trinajstić information content (AvgIpc) is 2.95. The Balaban J connectivity index is 2.43. The Hall–Kier alpha value is -3.09. The van der Waals surface area contributed by atoms with Crippen molar-refractivity contribution in [3.8, 4) is 16.9 Å². The van der Waals surface area contributed by atoms with Crippen molar-refractivity contribution in [3.05, 3.63) is 40.8 Å². The summed E-state index contributed by atoms with van der Waals surface area (Å²) < 4.78 is 1.45. The third-order valence-electron chi connectivity index (χ3n) is 4.33. The van der Waals surface area contributed by atoms with Gasteiger partial charge in [-0.05, 0) is 36.6 Å². The first-order chi connectivity index (χ1) is 11.7. The summed E-state index contributed by atoms with van der Waals surface area (Å²) in [5.74, 6) is -0.445. The number of carboxylic acids is 1. The van der Waals surface area contributed by atoms with Crippen LogP contribution in [0.5, 0.6) is 5.75 Å². The van der Waals surface area contributed by atoms with Gasteiger partial charge >= 0.3 is 5.97 Å². The number of aromatic carboxylic acids is 1. The van der Waals surface area contributed by atoms with Crippen molar-refractivity contribution in [1.82, 2.24) is 14.6 Å². The van der Waals surface area contributed by atoms with Crippen LogP contribution in [0.2, 0.25) is 0 Å². The van der Waals surface area contributed by atoms with E-state index in [9.17, 15) is 15.0 Å². The zero-order chi connectivity index (χ0) is 18.5. The molecule has 0 radical (unpaired) electrons. The van der Waals surface area contributed by atoms with Crippen molar-refractivity contribution in [1.29, 1.82) is 0 Å². The summed E-state index contributed by atoms with van der Waals surface area (Å²) in [6.45, 7) is 7.52. The first-order valence-corrected chi connectivity index (χ1v) is 7.94. The van der Waals surface area contributed by atoms with E-state index in [1.807, 2.05) is 20.8 Å². The molecule has 0 atom stereocenters. The predicted molar refractivity (Wildman–Crippen MR) is 95.0 cm³/mol. The maximum absolute atomic E-state index is 11.8. The third-order valence-corrected chi connectivity index (χ3v) is 4.33. The fraction of sp³-hybridized carbons (Fsp3) is 0.278. The molecule has 0 spiro atoms. The second-order valence-corrected chi connectivity index (χ2v) is 6.43. The van der Waals surface area contributed by atoms with Crippen molar-refractivity contribution < 1.29 is 15.0 Å². The van der Waals surface area contributed by atoms with Crippen LogP contribution in [0.4, 0.5) is 5.69 Å². The maximum Gasteiger partial charge on any atom is 0.341 e. The summed E-state index contributed by atoms with van der Waals surface area (Å²) in [5.41, 5.74) is 9.17. The number of anilines is 1. The van der Waals surface area contributed by atoms with Crippen LogP contribution in [0.3, 0.4) is 0 Å². The molecule has 7 heteroatoms. The van der Waals surface area contributed by atoms with Crippen molar-refractivity contribution in [2.45, 2.75) is 33.6 Å². The van der Waals surface area contributed by atoms with Crippen LogP contribution in [0, 0.1) is 13.8 Å². The number of carbonyl (C=O) groups is 1. The number of rotatable bonds is 3. The molecule has 0 aliphatic carbocycles. The first-order valence-electron chi connectivity index (χ1n) is 7.94. The Kier molecular flexibility index (Phi) is 3.87. The molecule has 4 N–H and O–H groups in total. The molecule has 0 fully saturated rings. The molecule has 0 amide bonds. The van der Waals surface area contributed by atoms with E-state index in [1.54, 1.807) is 25.3 Å². The van der Waals surface area contributed by atoms with Crippen molar-refractivity contribution >= 4 is 17.3 Å². The normalized spacial score (nSPS) is 11.4. The summed E-state index contributed by atoms with van der Waals surface area (Å²) in [6, 6.07) is 3.37. The number of hydrogen-bond acceptors (Lipinski definition) is 5. The van der Waals surface area contributed by atoms with E-state index in [1.165, 1.54) is 4.52 Å². The van der Waals surface area contributed by atoms with Gasteiger partial charge in [0.05, 0.1) is 5.69 Å². The Morgan fingerprint density at radius 3 is 2.56 bits per heavy atom. The monoisotopic (exact) mass is 340 g/mol. The molecule has 3 rings (SSSR count). The molecule has 7 nitrogen and oxygen atoms in total. The molecule has 0 bridgehead atoms. The number of nitrogens with zero attached hydrogens (tertiary/aromatic N) is 3. The second-order valence-electron chi connectivity index (χ2n) is 6.43. The van der Waals surface area contributed by atoms with Crippen LogP contribution in [0.25, 0.3) is 16.8 Å². The molecular weight excluding hydrogens is 320 g/mol. The maximum atomic E-state index is 11.8. The standard InChI is InChI=1S/C18H20N4O3/c1-8(2)16-20-17-14(18(24)25)15(19)11(7-22(17)21-16)13-9(3)5-6-12(23)10(13)4/h5-8,23H,19H2,1-4H3,(H,24,25). The minimum absolute atomic E-state index is 0.0514. The smallest absolute Gasteiger partial charge is 0.341 e. The number of nitrogens with two attached hydrogens (primary N) is 1. The molecule has 2 heterocycles. The van der Waals surface area contributed by atoms with Gasteiger partial charge in [0.15, 0.2) is 11.5 Å². The summed E-state index contributed by atoms with van der Waals surface area (Å²) in [7, 11) is 0. The molecule has 0 saturated carbocycles. The molecule has 3 aromatic rings. The summed E-state index contributed by atoms with van der Waals surface area (Å²) in [6.07, 6.45) is 1.67. The number of phenolic OH excluding ortho intramolecular Hbond substituents is 1. The first kappa shape index (κ1) is 16.8. The Labute approximate surface area is 144 Å². The Morgan fingerprint density at radius 2 is 1.96 bits per heavy atom. The fourth-order valence-electron chi connectivity index (χ4n) is 2.95. The Bertz CT molecular complexity index is 1010. The lowest BCUT2D eigenvalue weighted by Crippen LogP contribution is -2.09. The lowest BCUT2D eigenvalue weighted by Gasteiger charge is -2.15. The number of benzene rings is 1. The topological polar surface area (TPSA) is 114 Å². The van der Waals surface area contributed by atoms with E-state index in [0.717, 1.165) is 5.56 Å². The van der Waals surface area contributed by atoms with Crippen molar-refractivity contribution in [2.75, 3.05) is 5.73 Å². The van der Waals surface area contributed by atoms with Crippen molar-refractivity contribution in [2.24, 2.45) is 0 Å². The highest BCUT2D eigenvalue weighted by molar-refractivity contribution is 6.04. The number of fused-ring (bicyclic) bond motifs is 1. The molecule has 1 aromatic carbocycles. The van der Waals surface area contributed by atoms with Crippen LogP contribution in [0.1, 0.15) is 47.1 Å². The minimum Gasteiger partial charge on any atom is -0.508 e.